The fraction of sp³-hybridized carbons (Fsp3) is 0.500. The summed E-state index contributed by atoms with van der Waals surface area (Å²) >= 11 is 3.21. The lowest BCUT2D eigenvalue weighted by atomic mass is 10.1. The fourth-order valence-corrected chi connectivity index (χ4v) is 0.934. The monoisotopic (exact) mass is 261 g/mol. The number of hydrogen-bond acceptors (Lipinski definition) is 5. The van der Waals surface area contributed by atoms with Gasteiger partial charge in [0.1, 0.15) is 5.60 Å². The smallest absolute Gasteiger partial charge is 0.222 e. The van der Waals surface area contributed by atoms with Gasteiger partial charge in [0, 0.05) is 18.9 Å². The normalized spacial score (nSPS) is 14.9. The van der Waals surface area contributed by atoms with Crippen molar-refractivity contribution in [2.45, 2.75) is 12.5 Å². The second-order valence-corrected chi connectivity index (χ2v) is 4.15. The van der Waals surface area contributed by atoms with Gasteiger partial charge in [-0.3, -0.25) is 0 Å². The highest BCUT2D eigenvalue weighted by Gasteiger charge is 2.18. The number of anilines is 1. The molecule has 1 heterocycles. The first-order valence-corrected chi connectivity index (χ1v) is 4.87. The maximum absolute atomic E-state index is 9.46. The van der Waals surface area contributed by atoms with E-state index >= 15 is 0 Å². The number of aromatic nitrogens is 2. The van der Waals surface area contributed by atoms with E-state index in [0.29, 0.717) is 5.95 Å². The SMILES string of the molecule is CC(O)(CO)CNc1ncc(Br)cn1. The zero-order valence-corrected chi connectivity index (χ0v) is 9.32. The van der Waals surface area contributed by atoms with E-state index in [1.807, 2.05) is 0 Å². The Labute approximate surface area is 90.3 Å². The van der Waals surface area contributed by atoms with Crippen molar-refractivity contribution in [3.63, 3.8) is 0 Å². The molecule has 1 unspecified atom stereocenters. The molecule has 0 spiro atoms. The van der Waals surface area contributed by atoms with Crippen LogP contribution in [-0.2, 0) is 0 Å². The lowest BCUT2D eigenvalue weighted by Crippen LogP contribution is -2.37. The molecule has 5 nitrogen and oxygen atoms in total. The Morgan fingerprint density at radius 2 is 2.07 bits per heavy atom. The van der Waals surface area contributed by atoms with Crippen LogP contribution in [-0.4, -0.2) is 38.9 Å². The summed E-state index contributed by atoms with van der Waals surface area (Å²) < 4.78 is 0.789. The van der Waals surface area contributed by atoms with E-state index in [1.165, 1.54) is 6.92 Å². The molecule has 0 aliphatic heterocycles. The Kier molecular flexibility index (Phi) is 3.79. The van der Waals surface area contributed by atoms with Gasteiger partial charge in [0.15, 0.2) is 0 Å². The van der Waals surface area contributed by atoms with Crippen LogP contribution in [0, 0.1) is 0 Å². The summed E-state index contributed by atoms with van der Waals surface area (Å²) in [5.41, 5.74) is -1.16. The molecule has 1 aromatic rings. The molecule has 3 N–H and O–H groups in total. The highest BCUT2D eigenvalue weighted by molar-refractivity contribution is 9.10. The molecule has 0 saturated heterocycles. The van der Waals surface area contributed by atoms with E-state index in [1.54, 1.807) is 12.4 Å². The highest BCUT2D eigenvalue weighted by Crippen LogP contribution is 2.08. The summed E-state index contributed by atoms with van der Waals surface area (Å²) in [6.07, 6.45) is 3.20. The van der Waals surface area contributed by atoms with Crippen LogP contribution in [0.4, 0.5) is 5.95 Å². The molecule has 0 aromatic carbocycles. The van der Waals surface area contributed by atoms with Crippen LogP contribution < -0.4 is 5.32 Å². The third kappa shape index (κ3) is 3.57. The molecule has 6 heteroatoms. The minimum Gasteiger partial charge on any atom is -0.393 e. The van der Waals surface area contributed by atoms with Crippen LogP contribution in [0.2, 0.25) is 0 Å². The first-order chi connectivity index (χ1) is 6.53. The number of aliphatic hydroxyl groups is 2. The first-order valence-electron chi connectivity index (χ1n) is 4.08. The standard InChI is InChI=1S/C8H12BrN3O2/c1-8(14,5-13)4-12-7-10-2-6(9)3-11-7/h2-3,13-14H,4-5H2,1H3,(H,10,11,12). The number of hydrogen-bond donors (Lipinski definition) is 3. The largest absolute Gasteiger partial charge is 0.393 e. The van der Waals surface area contributed by atoms with Gasteiger partial charge in [-0.15, -0.1) is 0 Å². The third-order valence-corrected chi connectivity index (χ3v) is 2.00. The average molecular weight is 262 g/mol. The van der Waals surface area contributed by atoms with E-state index < -0.39 is 5.60 Å². The molecule has 0 radical (unpaired) electrons. The van der Waals surface area contributed by atoms with Crippen LogP contribution in [0.3, 0.4) is 0 Å². The lowest BCUT2D eigenvalue weighted by Gasteiger charge is -2.20. The number of halogens is 1. The molecule has 0 aliphatic rings. The van der Waals surface area contributed by atoms with Crippen molar-refractivity contribution >= 4 is 21.9 Å². The Morgan fingerprint density at radius 1 is 1.50 bits per heavy atom. The van der Waals surface area contributed by atoms with Gasteiger partial charge in [-0.05, 0) is 22.9 Å². The Morgan fingerprint density at radius 3 is 2.57 bits per heavy atom. The van der Waals surface area contributed by atoms with Crippen LogP contribution in [0.1, 0.15) is 6.92 Å². The maximum atomic E-state index is 9.46. The van der Waals surface area contributed by atoms with Crippen LogP contribution in [0.5, 0.6) is 0 Å². The molecular formula is C8H12BrN3O2. The molecule has 0 saturated carbocycles. The first kappa shape index (κ1) is 11.4. The number of nitrogens with zero attached hydrogens (tertiary/aromatic N) is 2. The van der Waals surface area contributed by atoms with E-state index in [2.05, 4.69) is 31.2 Å². The predicted octanol–water partition coefficient (Wildman–Crippen LogP) is 0.394. The second-order valence-electron chi connectivity index (χ2n) is 3.23. The molecule has 1 rings (SSSR count). The van der Waals surface area contributed by atoms with E-state index in [0.717, 1.165) is 4.47 Å². The minimum atomic E-state index is -1.16. The zero-order valence-electron chi connectivity index (χ0n) is 7.74. The lowest BCUT2D eigenvalue weighted by molar-refractivity contribution is 0.0131. The summed E-state index contributed by atoms with van der Waals surface area (Å²) in [6.45, 7) is 1.42. The molecule has 1 aromatic heterocycles. The summed E-state index contributed by atoms with van der Waals surface area (Å²) in [5.74, 6) is 0.418. The number of rotatable bonds is 4. The van der Waals surface area contributed by atoms with Crippen molar-refractivity contribution in [1.29, 1.82) is 0 Å². The Bertz CT molecular complexity index is 289. The van der Waals surface area contributed by atoms with Crippen LogP contribution in [0.25, 0.3) is 0 Å². The summed E-state index contributed by atoms with van der Waals surface area (Å²) in [7, 11) is 0. The molecular weight excluding hydrogens is 250 g/mol. The van der Waals surface area contributed by atoms with Crippen LogP contribution in [0.15, 0.2) is 16.9 Å². The van der Waals surface area contributed by atoms with Gasteiger partial charge in [0.05, 0.1) is 11.1 Å². The maximum Gasteiger partial charge on any atom is 0.222 e. The molecule has 1 atom stereocenters. The molecule has 78 valence electrons. The summed E-state index contributed by atoms with van der Waals surface area (Å²) in [5, 5.41) is 21.0. The molecule has 0 bridgehead atoms. The van der Waals surface area contributed by atoms with Gasteiger partial charge in [0.25, 0.3) is 0 Å². The fourth-order valence-electron chi connectivity index (χ4n) is 0.729. The predicted molar refractivity (Wildman–Crippen MR) is 55.9 cm³/mol. The van der Waals surface area contributed by atoms with Crippen molar-refractivity contribution in [3.05, 3.63) is 16.9 Å². The Hall–Kier alpha value is -0.720. The van der Waals surface area contributed by atoms with Gasteiger partial charge in [0.2, 0.25) is 5.95 Å². The van der Waals surface area contributed by atoms with Crippen molar-refractivity contribution < 1.29 is 10.2 Å². The van der Waals surface area contributed by atoms with Crippen LogP contribution >= 0.6 is 15.9 Å². The number of nitrogens with one attached hydrogen (secondary N) is 1. The van der Waals surface area contributed by atoms with E-state index in [4.69, 9.17) is 5.11 Å². The molecule has 0 aliphatic carbocycles. The van der Waals surface area contributed by atoms with Crippen molar-refractivity contribution in [1.82, 2.24) is 9.97 Å². The molecule has 0 amide bonds. The highest BCUT2D eigenvalue weighted by atomic mass is 79.9. The zero-order chi connectivity index (χ0) is 10.6. The van der Waals surface area contributed by atoms with Gasteiger partial charge in [-0.25, -0.2) is 9.97 Å². The van der Waals surface area contributed by atoms with E-state index in [9.17, 15) is 5.11 Å². The van der Waals surface area contributed by atoms with Gasteiger partial charge >= 0.3 is 0 Å². The second kappa shape index (κ2) is 4.68. The van der Waals surface area contributed by atoms with Gasteiger partial charge < -0.3 is 15.5 Å². The van der Waals surface area contributed by atoms with Gasteiger partial charge in [-0.1, -0.05) is 0 Å². The third-order valence-electron chi connectivity index (χ3n) is 1.59. The topological polar surface area (TPSA) is 78.3 Å². The quantitative estimate of drug-likeness (QED) is 0.731. The molecule has 14 heavy (non-hydrogen) atoms. The van der Waals surface area contributed by atoms with E-state index in [-0.39, 0.29) is 13.2 Å². The minimum absolute atomic E-state index is 0.200. The number of aliphatic hydroxyl groups excluding tert-OH is 1. The molecule has 0 fully saturated rings. The summed E-state index contributed by atoms with van der Waals surface area (Å²) in [4.78, 5) is 7.91. The van der Waals surface area contributed by atoms with Gasteiger partial charge in [-0.2, -0.15) is 0 Å². The summed E-state index contributed by atoms with van der Waals surface area (Å²) in [6, 6.07) is 0. The Balaban J connectivity index is 2.50. The van der Waals surface area contributed by atoms with Crippen molar-refractivity contribution in [2.24, 2.45) is 0 Å². The van der Waals surface area contributed by atoms with Crippen molar-refractivity contribution in [2.75, 3.05) is 18.5 Å². The average Bonchev–Trinajstić information content (AvgIpc) is 2.17. The van der Waals surface area contributed by atoms with Crippen molar-refractivity contribution in [3.8, 4) is 0 Å².